The fourth-order valence-electron chi connectivity index (χ4n) is 2.66. The lowest BCUT2D eigenvalue weighted by molar-refractivity contribution is 0.0398. The molecule has 0 aliphatic carbocycles. The Morgan fingerprint density at radius 2 is 2.08 bits per heavy atom. The van der Waals surface area contributed by atoms with Gasteiger partial charge in [-0.05, 0) is 30.7 Å². The van der Waals surface area contributed by atoms with Crippen LogP contribution in [0.3, 0.4) is 0 Å². The molecular formula is C18H22ClN5O2. The first-order chi connectivity index (χ1) is 12.6. The molecule has 1 aromatic heterocycles. The van der Waals surface area contributed by atoms with Crippen molar-refractivity contribution in [2.45, 2.75) is 6.92 Å². The normalized spacial score (nSPS) is 14.8. The number of carbonyl (C=O) groups excluding carboxylic acids is 1. The van der Waals surface area contributed by atoms with Crippen molar-refractivity contribution in [2.75, 3.05) is 50.0 Å². The van der Waals surface area contributed by atoms with E-state index in [1.165, 1.54) is 6.20 Å². The summed E-state index contributed by atoms with van der Waals surface area (Å²) >= 11 is 5.93. The average Bonchev–Trinajstić information content (AvgIpc) is 2.65. The average molecular weight is 376 g/mol. The SMILES string of the molecule is Cc1cc(Cl)ccc1NC(=O)c1cnc(NCCN2CCOCC2)cn1. The highest BCUT2D eigenvalue weighted by Crippen LogP contribution is 2.20. The van der Waals surface area contributed by atoms with Crippen LogP contribution < -0.4 is 10.6 Å². The van der Waals surface area contributed by atoms with Crippen molar-refractivity contribution in [2.24, 2.45) is 0 Å². The number of carbonyl (C=O) groups is 1. The number of nitrogens with zero attached hydrogens (tertiary/aromatic N) is 3. The zero-order chi connectivity index (χ0) is 18.4. The van der Waals surface area contributed by atoms with Gasteiger partial charge in [-0.15, -0.1) is 0 Å². The van der Waals surface area contributed by atoms with E-state index >= 15 is 0 Å². The van der Waals surface area contributed by atoms with Crippen molar-refractivity contribution in [3.05, 3.63) is 46.9 Å². The van der Waals surface area contributed by atoms with Gasteiger partial charge in [-0.3, -0.25) is 9.69 Å². The van der Waals surface area contributed by atoms with Crippen LogP contribution in [0, 0.1) is 6.92 Å². The van der Waals surface area contributed by atoms with Gasteiger partial charge in [-0.2, -0.15) is 0 Å². The Morgan fingerprint density at radius 3 is 2.77 bits per heavy atom. The van der Waals surface area contributed by atoms with Crippen LogP contribution in [0.4, 0.5) is 11.5 Å². The molecule has 0 spiro atoms. The van der Waals surface area contributed by atoms with Crippen LogP contribution in [0.5, 0.6) is 0 Å². The molecule has 1 amide bonds. The molecule has 2 heterocycles. The number of morpholine rings is 1. The summed E-state index contributed by atoms with van der Waals surface area (Å²) in [7, 11) is 0. The second kappa shape index (κ2) is 8.93. The molecule has 2 aromatic rings. The van der Waals surface area contributed by atoms with E-state index in [2.05, 4.69) is 25.5 Å². The first-order valence-electron chi connectivity index (χ1n) is 8.55. The number of aryl methyl sites for hydroxylation is 1. The predicted octanol–water partition coefficient (Wildman–Crippen LogP) is 2.43. The Balaban J connectivity index is 1.50. The van der Waals surface area contributed by atoms with Gasteiger partial charge in [0.05, 0.1) is 25.6 Å². The van der Waals surface area contributed by atoms with Crippen LogP contribution in [-0.4, -0.2) is 60.2 Å². The smallest absolute Gasteiger partial charge is 0.275 e. The number of aromatic nitrogens is 2. The molecule has 138 valence electrons. The summed E-state index contributed by atoms with van der Waals surface area (Å²) < 4.78 is 5.33. The van der Waals surface area contributed by atoms with Gasteiger partial charge in [0.15, 0.2) is 0 Å². The summed E-state index contributed by atoms with van der Waals surface area (Å²) in [4.78, 5) is 23.1. The fourth-order valence-corrected chi connectivity index (χ4v) is 2.88. The molecule has 26 heavy (non-hydrogen) atoms. The van der Waals surface area contributed by atoms with Crippen molar-refractivity contribution in [1.82, 2.24) is 14.9 Å². The Labute approximate surface area is 157 Å². The van der Waals surface area contributed by atoms with Gasteiger partial charge in [0, 0.05) is 36.9 Å². The summed E-state index contributed by atoms with van der Waals surface area (Å²) in [5, 5.41) is 6.67. The molecule has 7 nitrogen and oxygen atoms in total. The van der Waals surface area contributed by atoms with Crippen molar-refractivity contribution >= 4 is 29.0 Å². The molecule has 0 unspecified atom stereocenters. The minimum Gasteiger partial charge on any atom is -0.379 e. The molecular weight excluding hydrogens is 354 g/mol. The zero-order valence-electron chi connectivity index (χ0n) is 14.7. The van der Waals surface area contributed by atoms with Gasteiger partial charge in [0.2, 0.25) is 0 Å². The van der Waals surface area contributed by atoms with Crippen LogP contribution in [0.2, 0.25) is 5.02 Å². The van der Waals surface area contributed by atoms with Crippen molar-refractivity contribution in [3.63, 3.8) is 0 Å². The standard InChI is InChI=1S/C18H22ClN5O2/c1-13-10-14(19)2-3-15(13)23-18(25)16-11-22-17(12-21-16)20-4-5-24-6-8-26-9-7-24/h2-3,10-12H,4-9H2,1H3,(H,20,22)(H,23,25). The molecule has 8 heteroatoms. The number of hydrogen-bond donors (Lipinski definition) is 2. The quantitative estimate of drug-likeness (QED) is 0.807. The number of halogens is 1. The number of ether oxygens (including phenoxy) is 1. The lowest BCUT2D eigenvalue weighted by atomic mass is 10.2. The van der Waals surface area contributed by atoms with Crippen LogP contribution in [-0.2, 0) is 4.74 Å². The number of rotatable bonds is 6. The molecule has 2 N–H and O–H groups in total. The summed E-state index contributed by atoms with van der Waals surface area (Å²) in [6.07, 6.45) is 3.04. The number of nitrogens with one attached hydrogen (secondary N) is 2. The number of hydrogen-bond acceptors (Lipinski definition) is 6. The first kappa shape index (κ1) is 18.6. The maximum absolute atomic E-state index is 12.3. The number of amides is 1. The third kappa shape index (κ3) is 5.14. The van der Waals surface area contributed by atoms with Crippen LogP contribution in [0.15, 0.2) is 30.6 Å². The van der Waals surface area contributed by atoms with E-state index in [0.717, 1.165) is 45.0 Å². The molecule has 3 rings (SSSR count). The topological polar surface area (TPSA) is 79.4 Å². The Bertz CT molecular complexity index is 748. The Morgan fingerprint density at radius 1 is 1.27 bits per heavy atom. The lowest BCUT2D eigenvalue weighted by Crippen LogP contribution is -2.39. The van der Waals surface area contributed by atoms with Gasteiger partial charge in [-0.25, -0.2) is 9.97 Å². The molecule has 1 aliphatic rings. The molecule has 1 aromatic carbocycles. The van der Waals surface area contributed by atoms with Gasteiger partial charge in [0.1, 0.15) is 11.5 Å². The molecule has 0 bridgehead atoms. The van der Waals surface area contributed by atoms with E-state index in [1.54, 1.807) is 24.4 Å². The zero-order valence-corrected chi connectivity index (χ0v) is 15.4. The van der Waals surface area contributed by atoms with Gasteiger partial charge in [-0.1, -0.05) is 11.6 Å². The molecule has 1 saturated heterocycles. The summed E-state index contributed by atoms with van der Waals surface area (Å²) in [6.45, 7) is 7.06. The minimum atomic E-state index is -0.303. The maximum Gasteiger partial charge on any atom is 0.275 e. The summed E-state index contributed by atoms with van der Waals surface area (Å²) in [6, 6.07) is 5.30. The highest BCUT2D eigenvalue weighted by Gasteiger charge is 2.11. The highest BCUT2D eigenvalue weighted by atomic mass is 35.5. The second-order valence-corrected chi connectivity index (χ2v) is 6.52. The van der Waals surface area contributed by atoms with E-state index in [9.17, 15) is 4.79 Å². The maximum atomic E-state index is 12.3. The van der Waals surface area contributed by atoms with Crippen molar-refractivity contribution < 1.29 is 9.53 Å². The van der Waals surface area contributed by atoms with Gasteiger partial charge >= 0.3 is 0 Å². The molecule has 0 radical (unpaired) electrons. The molecule has 0 atom stereocenters. The fraction of sp³-hybridized carbons (Fsp3) is 0.389. The van der Waals surface area contributed by atoms with Crippen molar-refractivity contribution in [1.29, 1.82) is 0 Å². The Kier molecular flexibility index (Phi) is 6.38. The molecule has 0 saturated carbocycles. The predicted molar refractivity (Wildman–Crippen MR) is 102 cm³/mol. The van der Waals surface area contributed by atoms with E-state index in [0.29, 0.717) is 16.5 Å². The van der Waals surface area contributed by atoms with E-state index in [4.69, 9.17) is 16.3 Å². The Hall–Kier alpha value is -2.22. The van der Waals surface area contributed by atoms with Crippen LogP contribution >= 0.6 is 11.6 Å². The number of benzene rings is 1. The van der Waals surface area contributed by atoms with E-state index in [-0.39, 0.29) is 11.6 Å². The largest absolute Gasteiger partial charge is 0.379 e. The molecule has 1 aliphatic heterocycles. The van der Waals surface area contributed by atoms with Gasteiger partial charge < -0.3 is 15.4 Å². The molecule has 1 fully saturated rings. The third-order valence-electron chi connectivity index (χ3n) is 4.16. The van der Waals surface area contributed by atoms with Gasteiger partial charge in [0.25, 0.3) is 5.91 Å². The van der Waals surface area contributed by atoms with Crippen LogP contribution in [0.1, 0.15) is 16.1 Å². The van der Waals surface area contributed by atoms with Crippen molar-refractivity contribution in [3.8, 4) is 0 Å². The number of anilines is 2. The second-order valence-electron chi connectivity index (χ2n) is 6.08. The van der Waals surface area contributed by atoms with Crippen LogP contribution in [0.25, 0.3) is 0 Å². The minimum absolute atomic E-state index is 0.262. The summed E-state index contributed by atoms with van der Waals surface area (Å²) in [5.74, 6) is 0.347. The summed E-state index contributed by atoms with van der Waals surface area (Å²) in [5.41, 5.74) is 1.85. The monoisotopic (exact) mass is 375 g/mol. The lowest BCUT2D eigenvalue weighted by Gasteiger charge is -2.26. The third-order valence-corrected chi connectivity index (χ3v) is 4.39. The van der Waals surface area contributed by atoms with E-state index in [1.807, 2.05) is 6.92 Å². The van der Waals surface area contributed by atoms with E-state index < -0.39 is 0 Å². The highest BCUT2D eigenvalue weighted by molar-refractivity contribution is 6.30. The first-order valence-corrected chi connectivity index (χ1v) is 8.93.